The number of nitrogens with zero attached hydrogens (tertiary/aromatic N) is 2. The van der Waals surface area contributed by atoms with Crippen molar-refractivity contribution in [2.45, 2.75) is 44.6 Å². The third-order valence-corrected chi connectivity index (χ3v) is 4.07. The van der Waals surface area contributed by atoms with E-state index in [9.17, 15) is 0 Å². The molecule has 1 aromatic rings. The Balaban J connectivity index is 1.70. The van der Waals surface area contributed by atoms with Crippen LogP contribution in [0.5, 0.6) is 0 Å². The van der Waals surface area contributed by atoms with Crippen molar-refractivity contribution in [1.82, 2.24) is 9.88 Å². The van der Waals surface area contributed by atoms with Crippen LogP contribution in [0.1, 0.15) is 25.3 Å². The second-order valence-corrected chi connectivity index (χ2v) is 5.33. The van der Waals surface area contributed by atoms with E-state index >= 15 is 0 Å². The Morgan fingerprint density at radius 1 is 1.53 bits per heavy atom. The van der Waals surface area contributed by atoms with E-state index in [4.69, 9.17) is 9.47 Å². The van der Waals surface area contributed by atoms with Crippen LogP contribution < -0.4 is 0 Å². The lowest BCUT2D eigenvalue weighted by molar-refractivity contribution is -0.0749. The van der Waals surface area contributed by atoms with Gasteiger partial charge in [0.2, 0.25) is 0 Å². The molecular formula is C15H22N2O2. The van der Waals surface area contributed by atoms with Crippen LogP contribution in [0.2, 0.25) is 0 Å². The molecule has 0 aromatic carbocycles. The first kappa shape index (κ1) is 13.0. The summed E-state index contributed by atoms with van der Waals surface area (Å²) in [6, 6.07) is 4.64. The van der Waals surface area contributed by atoms with Crippen molar-refractivity contribution < 1.29 is 9.47 Å². The number of pyridine rings is 1. The molecular weight excluding hydrogens is 240 g/mol. The number of hydrogen-bond acceptors (Lipinski definition) is 4. The minimum atomic E-state index is 0.229. The van der Waals surface area contributed by atoms with Gasteiger partial charge in [-0.1, -0.05) is 6.07 Å². The Bertz CT molecular complexity index is 398. The average molecular weight is 262 g/mol. The van der Waals surface area contributed by atoms with Crippen molar-refractivity contribution >= 4 is 0 Å². The summed E-state index contributed by atoms with van der Waals surface area (Å²) >= 11 is 0. The van der Waals surface area contributed by atoms with Crippen molar-refractivity contribution in [2.24, 2.45) is 0 Å². The highest BCUT2D eigenvalue weighted by Gasteiger charge is 2.44. The Morgan fingerprint density at radius 2 is 2.47 bits per heavy atom. The first-order chi connectivity index (χ1) is 9.38. The van der Waals surface area contributed by atoms with Crippen LogP contribution in [0.25, 0.3) is 0 Å². The van der Waals surface area contributed by atoms with Gasteiger partial charge in [0, 0.05) is 44.7 Å². The zero-order valence-corrected chi connectivity index (χ0v) is 11.5. The van der Waals surface area contributed by atoms with Crippen molar-refractivity contribution in [3.8, 4) is 0 Å². The SMILES string of the molecule is CCO[C@@H]1CN(Cc2cccnc2)[C@H]2CCCO[C@@H]12. The normalized spacial score (nSPS) is 31.3. The van der Waals surface area contributed by atoms with E-state index in [0.717, 1.165) is 32.7 Å². The van der Waals surface area contributed by atoms with E-state index in [1.54, 1.807) is 0 Å². The first-order valence-electron chi connectivity index (χ1n) is 7.24. The van der Waals surface area contributed by atoms with E-state index in [0.29, 0.717) is 6.04 Å². The molecule has 3 rings (SSSR count). The highest BCUT2D eigenvalue weighted by molar-refractivity contribution is 5.10. The summed E-state index contributed by atoms with van der Waals surface area (Å²) in [6.45, 7) is 5.62. The van der Waals surface area contributed by atoms with Crippen LogP contribution in [-0.4, -0.2) is 47.9 Å². The number of ether oxygens (including phenoxy) is 2. The summed E-state index contributed by atoms with van der Waals surface area (Å²) in [5.41, 5.74) is 1.27. The molecule has 0 N–H and O–H groups in total. The molecule has 0 unspecified atom stereocenters. The number of fused-ring (bicyclic) bond motifs is 1. The highest BCUT2D eigenvalue weighted by Crippen LogP contribution is 2.31. The number of rotatable bonds is 4. The molecule has 104 valence electrons. The van der Waals surface area contributed by atoms with Crippen molar-refractivity contribution in [2.75, 3.05) is 19.8 Å². The number of hydrogen-bond donors (Lipinski definition) is 0. The summed E-state index contributed by atoms with van der Waals surface area (Å²) < 4.78 is 11.8. The molecule has 0 saturated carbocycles. The molecule has 19 heavy (non-hydrogen) atoms. The van der Waals surface area contributed by atoms with Crippen LogP contribution in [0.3, 0.4) is 0 Å². The first-order valence-corrected chi connectivity index (χ1v) is 7.24. The molecule has 1 aromatic heterocycles. The van der Waals surface area contributed by atoms with Gasteiger partial charge in [-0.25, -0.2) is 0 Å². The smallest absolute Gasteiger partial charge is 0.100 e. The average Bonchev–Trinajstić information content (AvgIpc) is 2.79. The molecule has 0 spiro atoms. The summed E-state index contributed by atoms with van der Waals surface area (Å²) in [6.07, 6.45) is 6.63. The Morgan fingerprint density at radius 3 is 3.26 bits per heavy atom. The quantitative estimate of drug-likeness (QED) is 0.829. The van der Waals surface area contributed by atoms with Gasteiger partial charge in [0.1, 0.15) is 6.10 Å². The molecule has 3 heterocycles. The van der Waals surface area contributed by atoms with Crippen molar-refractivity contribution in [3.05, 3.63) is 30.1 Å². The molecule has 0 amide bonds. The number of likely N-dealkylation sites (tertiary alicyclic amines) is 1. The van der Waals surface area contributed by atoms with E-state index in [1.807, 2.05) is 18.5 Å². The van der Waals surface area contributed by atoms with Gasteiger partial charge in [-0.2, -0.15) is 0 Å². The van der Waals surface area contributed by atoms with Gasteiger partial charge in [-0.05, 0) is 31.4 Å². The van der Waals surface area contributed by atoms with Crippen LogP contribution in [0.4, 0.5) is 0 Å². The minimum Gasteiger partial charge on any atom is -0.374 e. The molecule has 0 bridgehead atoms. The molecule has 0 radical (unpaired) electrons. The fourth-order valence-electron chi connectivity index (χ4n) is 3.27. The molecule has 4 nitrogen and oxygen atoms in total. The fraction of sp³-hybridized carbons (Fsp3) is 0.667. The van der Waals surface area contributed by atoms with E-state index < -0.39 is 0 Å². The lowest BCUT2D eigenvalue weighted by atomic mass is 10.0. The largest absolute Gasteiger partial charge is 0.374 e. The van der Waals surface area contributed by atoms with Crippen LogP contribution >= 0.6 is 0 Å². The van der Waals surface area contributed by atoms with Gasteiger partial charge in [-0.15, -0.1) is 0 Å². The van der Waals surface area contributed by atoms with Crippen molar-refractivity contribution in [3.63, 3.8) is 0 Å². The zero-order chi connectivity index (χ0) is 13.1. The maximum absolute atomic E-state index is 5.95. The highest BCUT2D eigenvalue weighted by atomic mass is 16.5. The summed E-state index contributed by atoms with van der Waals surface area (Å²) in [7, 11) is 0. The summed E-state index contributed by atoms with van der Waals surface area (Å²) in [5.74, 6) is 0. The molecule has 0 aliphatic carbocycles. The van der Waals surface area contributed by atoms with Crippen molar-refractivity contribution in [1.29, 1.82) is 0 Å². The van der Waals surface area contributed by atoms with E-state index in [1.165, 1.54) is 12.0 Å². The standard InChI is InChI=1S/C15H22N2O2/c1-2-18-14-11-17(10-12-5-3-7-16-9-12)13-6-4-8-19-15(13)14/h3,5,7,9,13-15H,2,4,6,8,10-11H2,1H3/t13-,14+,15+/m0/s1. The number of aromatic nitrogens is 1. The van der Waals surface area contributed by atoms with Gasteiger partial charge in [0.25, 0.3) is 0 Å². The lowest BCUT2D eigenvalue weighted by Gasteiger charge is -2.32. The molecule has 2 fully saturated rings. The maximum atomic E-state index is 5.95. The fourth-order valence-corrected chi connectivity index (χ4v) is 3.27. The molecule has 2 aliphatic rings. The Kier molecular flexibility index (Phi) is 4.11. The topological polar surface area (TPSA) is 34.6 Å². The maximum Gasteiger partial charge on any atom is 0.100 e. The van der Waals surface area contributed by atoms with Crippen LogP contribution in [0, 0.1) is 0 Å². The van der Waals surface area contributed by atoms with Gasteiger partial charge >= 0.3 is 0 Å². The monoisotopic (exact) mass is 262 g/mol. The second kappa shape index (κ2) is 5.99. The Labute approximate surface area is 114 Å². The van der Waals surface area contributed by atoms with E-state index in [2.05, 4.69) is 22.9 Å². The lowest BCUT2D eigenvalue weighted by Crippen LogP contribution is -2.41. The summed E-state index contributed by atoms with van der Waals surface area (Å²) in [5, 5.41) is 0. The summed E-state index contributed by atoms with van der Waals surface area (Å²) in [4.78, 5) is 6.70. The second-order valence-electron chi connectivity index (χ2n) is 5.33. The third-order valence-electron chi connectivity index (χ3n) is 4.07. The predicted octanol–water partition coefficient (Wildman–Crippen LogP) is 1.85. The molecule has 3 atom stereocenters. The van der Waals surface area contributed by atoms with Crippen LogP contribution in [0.15, 0.2) is 24.5 Å². The van der Waals surface area contributed by atoms with Gasteiger partial charge < -0.3 is 9.47 Å². The van der Waals surface area contributed by atoms with Crippen LogP contribution in [-0.2, 0) is 16.0 Å². The minimum absolute atomic E-state index is 0.229. The van der Waals surface area contributed by atoms with E-state index in [-0.39, 0.29) is 12.2 Å². The zero-order valence-electron chi connectivity index (χ0n) is 11.5. The molecule has 2 aliphatic heterocycles. The van der Waals surface area contributed by atoms with Gasteiger partial charge in [0.15, 0.2) is 0 Å². The predicted molar refractivity (Wildman–Crippen MR) is 72.8 cm³/mol. The van der Waals surface area contributed by atoms with Gasteiger partial charge in [0.05, 0.1) is 6.10 Å². The third kappa shape index (κ3) is 2.81. The molecule has 2 saturated heterocycles. The molecule has 4 heteroatoms. The Hall–Kier alpha value is -0.970. The van der Waals surface area contributed by atoms with Gasteiger partial charge in [-0.3, -0.25) is 9.88 Å².